The summed E-state index contributed by atoms with van der Waals surface area (Å²) in [6, 6.07) is 6.73. The van der Waals surface area contributed by atoms with Crippen molar-refractivity contribution < 1.29 is 14.4 Å². The van der Waals surface area contributed by atoms with Gasteiger partial charge in [-0.3, -0.25) is 28.5 Å². The molecule has 136 valence electrons. The summed E-state index contributed by atoms with van der Waals surface area (Å²) >= 11 is 2.17. The van der Waals surface area contributed by atoms with Crippen molar-refractivity contribution in [2.75, 3.05) is 14.1 Å². The predicted molar refractivity (Wildman–Crippen MR) is 102 cm³/mol. The average Bonchev–Trinajstić information content (AvgIpc) is 2.84. The first-order valence-electron chi connectivity index (χ1n) is 7.77. The van der Waals surface area contributed by atoms with Gasteiger partial charge in [0.1, 0.15) is 0 Å². The minimum absolute atomic E-state index is 0.278. The molecule has 3 rings (SSSR count). The lowest BCUT2D eigenvalue weighted by Gasteiger charge is -2.33. The lowest BCUT2D eigenvalue weighted by Crippen LogP contribution is -2.56. The van der Waals surface area contributed by atoms with Crippen LogP contribution in [0.4, 0.5) is 4.79 Å². The summed E-state index contributed by atoms with van der Waals surface area (Å²) in [6.45, 7) is 0. The van der Waals surface area contributed by atoms with Gasteiger partial charge in [0.2, 0.25) is 11.8 Å². The van der Waals surface area contributed by atoms with Crippen molar-refractivity contribution in [2.45, 2.75) is 5.92 Å². The fraction of sp³-hybridized carbons (Fsp3) is 0.294. The molecule has 1 aromatic carbocycles. The number of imide groups is 2. The van der Waals surface area contributed by atoms with Crippen molar-refractivity contribution in [1.82, 2.24) is 18.9 Å². The number of hydrogen-bond acceptors (Lipinski definition) is 4. The fourth-order valence-corrected chi connectivity index (χ4v) is 3.53. The molecule has 4 amide bonds. The standard InChI is InChI=1S/C17H17IN4O4/c1-19-12(9-5-7-10(18)8-6-9)13(20(2)16(19)25)11-14(23)21(3)17(26)22(4)15(11)24/h5-8,11H,1-4H3. The number of halogens is 1. The molecule has 0 atom stereocenters. The largest absolute Gasteiger partial charge is 0.332 e. The van der Waals surface area contributed by atoms with E-state index in [1.807, 2.05) is 24.3 Å². The van der Waals surface area contributed by atoms with Gasteiger partial charge in [-0.1, -0.05) is 12.1 Å². The van der Waals surface area contributed by atoms with Crippen LogP contribution in [-0.4, -0.2) is 50.9 Å². The zero-order valence-corrected chi connectivity index (χ0v) is 16.8. The second-order valence-corrected chi connectivity index (χ2v) is 7.40. The maximum atomic E-state index is 12.7. The summed E-state index contributed by atoms with van der Waals surface area (Å²) in [5.41, 5.74) is 1.12. The molecule has 1 aliphatic heterocycles. The van der Waals surface area contributed by atoms with Crippen LogP contribution in [0.2, 0.25) is 0 Å². The molecule has 0 aliphatic carbocycles. The van der Waals surface area contributed by atoms with E-state index in [0.29, 0.717) is 11.3 Å². The van der Waals surface area contributed by atoms with Crippen molar-refractivity contribution in [3.63, 3.8) is 0 Å². The van der Waals surface area contributed by atoms with Gasteiger partial charge in [-0.2, -0.15) is 0 Å². The van der Waals surface area contributed by atoms with Crippen molar-refractivity contribution >= 4 is 40.4 Å². The number of benzene rings is 1. The summed E-state index contributed by atoms with van der Waals surface area (Å²) in [5.74, 6) is -2.55. The molecule has 0 saturated carbocycles. The van der Waals surface area contributed by atoms with Gasteiger partial charge in [0.05, 0.1) is 11.4 Å². The van der Waals surface area contributed by atoms with Crippen molar-refractivity contribution in [3.05, 3.63) is 44.0 Å². The van der Waals surface area contributed by atoms with Crippen LogP contribution in [-0.2, 0) is 23.7 Å². The van der Waals surface area contributed by atoms with E-state index >= 15 is 0 Å². The van der Waals surface area contributed by atoms with E-state index in [0.717, 1.165) is 13.4 Å². The minimum atomic E-state index is -1.25. The Morgan fingerprint density at radius 1 is 0.808 bits per heavy atom. The zero-order chi connectivity index (χ0) is 19.3. The van der Waals surface area contributed by atoms with Crippen LogP contribution < -0.4 is 5.69 Å². The van der Waals surface area contributed by atoms with Crippen LogP contribution in [0.15, 0.2) is 29.1 Å². The molecular weight excluding hydrogens is 451 g/mol. The van der Waals surface area contributed by atoms with E-state index in [1.165, 1.54) is 30.3 Å². The van der Waals surface area contributed by atoms with E-state index in [9.17, 15) is 19.2 Å². The second kappa shape index (κ2) is 6.38. The monoisotopic (exact) mass is 468 g/mol. The first-order chi connectivity index (χ1) is 12.2. The third-order valence-electron chi connectivity index (χ3n) is 4.63. The van der Waals surface area contributed by atoms with Crippen molar-refractivity contribution in [1.29, 1.82) is 0 Å². The molecule has 8 nitrogen and oxygen atoms in total. The lowest BCUT2D eigenvalue weighted by molar-refractivity contribution is -0.143. The van der Waals surface area contributed by atoms with Gasteiger partial charge in [0.15, 0.2) is 5.92 Å². The average molecular weight is 468 g/mol. The molecule has 0 unspecified atom stereocenters. The van der Waals surface area contributed by atoms with E-state index in [-0.39, 0.29) is 11.4 Å². The number of amides is 4. The van der Waals surface area contributed by atoms with Crippen LogP contribution in [0.3, 0.4) is 0 Å². The first-order valence-corrected chi connectivity index (χ1v) is 8.85. The zero-order valence-electron chi connectivity index (χ0n) is 14.7. The smallest absolute Gasteiger partial charge is 0.297 e. The maximum absolute atomic E-state index is 12.7. The predicted octanol–water partition coefficient (Wildman–Crippen LogP) is 1.13. The van der Waals surface area contributed by atoms with E-state index in [4.69, 9.17) is 0 Å². The Hall–Kier alpha value is -2.43. The summed E-state index contributed by atoms with van der Waals surface area (Å²) in [7, 11) is 5.76. The number of imidazole rings is 1. The summed E-state index contributed by atoms with van der Waals surface area (Å²) < 4.78 is 3.73. The maximum Gasteiger partial charge on any atom is 0.332 e. The number of barbiturate groups is 1. The third-order valence-corrected chi connectivity index (χ3v) is 5.35. The molecule has 1 aromatic heterocycles. The number of likely N-dealkylation sites (N-methyl/N-ethyl adjacent to an activating group) is 2. The fourth-order valence-electron chi connectivity index (χ4n) is 3.17. The molecular formula is C17H17IN4O4. The van der Waals surface area contributed by atoms with E-state index in [1.54, 1.807) is 7.05 Å². The Labute approximate surface area is 163 Å². The number of nitrogens with zero attached hydrogens (tertiary/aromatic N) is 4. The van der Waals surface area contributed by atoms with E-state index in [2.05, 4.69) is 22.6 Å². The van der Waals surface area contributed by atoms with Crippen LogP contribution >= 0.6 is 22.6 Å². The van der Waals surface area contributed by atoms with Gasteiger partial charge in [-0.05, 0) is 34.7 Å². The molecule has 2 aromatic rings. The molecule has 0 radical (unpaired) electrons. The normalized spacial score (nSPS) is 16.0. The highest BCUT2D eigenvalue weighted by atomic mass is 127. The highest BCUT2D eigenvalue weighted by Gasteiger charge is 2.46. The molecule has 1 fully saturated rings. The molecule has 1 aliphatic rings. The Bertz CT molecular complexity index is 965. The van der Waals surface area contributed by atoms with Crippen LogP contribution in [0, 0.1) is 3.57 Å². The number of rotatable bonds is 2. The number of aromatic nitrogens is 2. The topological polar surface area (TPSA) is 84.6 Å². The molecule has 9 heteroatoms. The molecule has 0 bridgehead atoms. The summed E-state index contributed by atoms with van der Waals surface area (Å²) in [6.07, 6.45) is 0. The Morgan fingerprint density at radius 3 is 1.81 bits per heavy atom. The molecule has 2 heterocycles. The number of urea groups is 1. The van der Waals surface area contributed by atoms with Gasteiger partial charge in [-0.15, -0.1) is 0 Å². The lowest BCUT2D eigenvalue weighted by atomic mass is 9.95. The van der Waals surface area contributed by atoms with Crippen LogP contribution in [0.25, 0.3) is 11.3 Å². The Kier molecular flexibility index (Phi) is 4.51. The van der Waals surface area contributed by atoms with Crippen molar-refractivity contribution in [3.8, 4) is 11.3 Å². The summed E-state index contributed by atoms with van der Waals surface area (Å²) in [5, 5.41) is 0. The number of carbonyl (C=O) groups is 3. The second-order valence-electron chi connectivity index (χ2n) is 6.15. The van der Waals surface area contributed by atoms with E-state index < -0.39 is 23.8 Å². The first kappa shape index (κ1) is 18.4. The third kappa shape index (κ3) is 2.57. The summed E-state index contributed by atoms with van der Waals surface area (Å²) in [4.78, 5) is 51.8. The molecule has 26 heavy (non-hydrogen) atoms. The Morgan fingerprint density at radius 2 is 1.31 bits per heavy atom. The van der Waals surface area contributed by atoms with Gasteiger partial charge >= 0.3 is 11.7 Å². The quantitative estimate of drug-likeness (QED) is 0.489. The van der Waals surface area contributed by atoms with Crippen LogP contribution in [0.1, 0.15) is 11.6 Å². The van der Waals surface area contributed by atoms with Gasteiger partial charge in [0.25, 0.3) is 0 Å². The molecule has 1 saturated heterocycles. The van der Waals surface area contributed by atoms with Gasteiger partial charge in [-0.25, -0.2) is 9.59 Å². The number of hydrogen-bond donors (Lipinski definition) is 0. The van der Waals surface area contributed by atoms with Gasteiger partial charge in [0, 0.05) is 37.3 Å². The van der Waals surface area contributed by atoms with Gasteiger partial charge < -0.3 is 0 Å². The minimum Gasteiger partial charge on any atom is -0.297 e. The highest BCUT2D eigenvalue weighted by molar-refractivity contribution is 14.1. The van der Waals surface area contributed by atoms with Crippen molar-refractivity contribution in [2.24, 2.45) is 14.1 Å². The number of carbonyl (C=O) groups excluding carboxylic acids is 3. The SMILES string of the molecule is CN1C(=O)C(c2c(-c3ccc(I)cc3)n(C)c(=O)n2C)C(=O)N(C)C1=O. The Balaban J connectivity index is 2.28. The van der Waals surface area contributed by atoms with Crippen LogP contribution in [0.5, 0.6) is 0 Å². The highest BCUT2D eigenvalue weighted by Crippen LogP contribution is 2.33. The molecule has 0 N–H and O–H groups in total. The molecule has 0 spiro atoms.